The molecule has 0 aliphatic carbocycles. The Balaban J connectivity index is 1.82. The van der Waals surface area contributed by atoms with Gasteiger partial charge in [0.15, 0.2) is 0 Å². The molecule has 0 radical (unpaired) electrons. The molecule has 0 heterocycles. The van der Waals surface area contributed by atoms with Gasteiger partial charge in [-0.05, 0) is 55.8 Å². The van der Waals surface area contributed by atoms with Crippen LogP contribution in [0, 0.1) is 0 Å². The first-order chi connectivity index (χ1) is 14.4. The smallest absolute Gasteiger partial charge is 0.416 e. The molecular formula is C22H27F3N2O3. The van der Waals surface area contributed by atoms with Crippen molar-refractivity contribution in [3.8, 4) is 5.75 Å². The van der Waals surface area contributed by atoms with Gasteiger partial charge < -0.3 is 10.1 Å². The van der Waals surface area contributed by atoms with Crippen molar-refractivity contribution >= 4 is 5.91 Å². The number of carbonyl (C=O) groups excluding carboxylic acids is 1. The minimum absolute atomic E-state index is 0.288. The Kier molecular flexibility index (Phi) is 9.63. The number of ether oxygens (including phenoxy) is 1. The largest absolute Gasteiger partial charge is 0.486 e. The van der Waals surface area contributed by atoms with Gasteiger partial charge >= 0.3 is 6.18 Å². The van der Waals surface area contributed by atoms with Gasteiger partial charge in [0.2, 0.25) is 5.91 Å². The van der Waals surface area contributed by atoms with Crippen LogP contribution in [-0.4, -0.2) is 24.2 Å². The van der Waals surface area contributed by atoms with E-state index in [-0.39, 0.29) is 12.0 Å². The number of rotatable bonds is 12. The van der Waals surface area contributed by atoms with Gasteiger partial charge in [0.1, 0.15) is 11.9 Å². The first kappa shape index (κ1) is 23.7. The highest BCUT2D eigenvalue weighted by molar-refractivity contribution is 5.74. The molecule has 1 amide bonds. The second-order valence-electron chi connectivity index (χ2n) is 6.92. The van der Waals surface area contributed by atoms with E-state index in [0.717, 1.165) is 37.1 Å². The number of alkyl halides is 3. The molecule has 2 rings (SSSR count). The van der Waals surface area contributed by atoms with Crippen LogP contribution < -0.4 is 15.5 Å². The topological polar surface area (TPSA) is 70.6 Å². The molecule has 2 aromatic rings. The van der Waals surface area contributed by atoms with Gasteiger partial charge in [0.05, 0.1) is 5.56 Å². The molecule has 30 heavy (non-hydrogen) atoms. The van der Waals surface area contributed by atoms with Crippen LogP contribution in [-0.2, 0) is 11.0 Å². The average molecular weight is 424 g/mol. The van der Waals surface area contributed by atoms with Crippen molar-refractivity contribution in [2.24, 2.45) is 0 Å². The predicted octanol–water partition coefficient (Wildman–Crippen LogP) is 4.87. The second-order valence-corrected chi connectivity index (χ2v) is 6.92. The lowest BCUT2D eigenvalue weighted by atomic mass is 10.1. The molecule has 3 N–H and O–H groups in total. The van der Waals surface area contributed by atoms with E-state index in [1.54, 1.807) is 5.48 Å². The molecule has 164 valence electrons. The van der Waals surface area contributed by atoms with E-state index in [9.17, 15) is 18.0 Å². The normalized spacial score (nSPS) is 12.4. The first-order valence-corrected chi connectivity index (χ1v) is 9.92. The van der Waals surface area contributed by atoms with E-state index in [1.807, 2.05) is 30.3 Å². The minimum atomic E-state index is -4.37. The van der Waals surface area contributed by atoms with Crippen LogP contribution in [0.1, 0.15) is 49.3 Å². The van der Waals surface area contributed by atoms with Gasteiger partial charge in [-0.15, -0.1) is 0 Å². The van der Waals surface area contributed by atoms with Gasteiger partial charge in [-0.3, -0.25) is 10.0 Å². The summed E-state index contributed by atoms with van der Waals surface area (Å²) >= 11 is 0. The summed E-state index contributed by atoms with van der Waals surface area (Å²) in [6, 6.07) is 14.3. The maximum Gasteiger partial charge on any atom is 0.416 e. The molecule has 0 aliphatic rings. The van der Waals surface area contributed by atoms with Crippen LogP contribution in [0.25, 0.3) is 0 Å². The molecule has 0 saturated heterocycles. The summed E-state index contributed by atoms with van der Waals surface area (Å²) < 4.78 is 44.2. The highest BCUT2D eigenvalue weighted by atomic mass is 19.4. The summed E-state index contributed by atoms with van der Waals surface area (Å²) in [6.07, 6.45) is -1.24. The third-order valence-corrected chi connectivity index (χ3v) is 4.60. The minimum Gasteiger partial charge on any atom is -0.486 e. The number of benzene rings is 2. The van der Waals surface area contributed by atoms with Crippen LogP contribution in [0.5, 0.6) is 5.75 Å². The molecule has 2 aromatic carbocycles. The summed E-state index contributed by atoms with van der Waals surface area (Å²) in [4.78, 5) is 10.9. The molecule has 5 nitrogen and oxygen atoms in total. The van der Waals surface area contributed by atoms with E-state index in [0.29, 0.717) is 31.6 Å². The Bertz CT molecular complexity index is 752. The third kappa shape index (κ3) is 8.42. The van der Waals surface area contributed by atoms with E-state index in [4.69, 9.17) is 9.94 Å². The SMILES string of the molecule is O=C(CCCCCNCC[C@@H](Oc1ccc(C(F)(F)F)cc1)c1ccccc1)NO. The number of hydrogen-bond acceptors (Lipinski definition) is 4. The van der Waals surface area contributed by atoms with E-state index >= 15 is 0 Å². The highest BCUT2D eigenvalue weighted by Gasteiger charge is 2.30. The summed E-state index contributed by atoms with van der Waals surface area (Å²) in [7, 11) is 0. The van der Waals surface area contributed by atoms with Crippen LogP contribution in [0.15, 0.2) is 54.6 Å². The molecular weight excluding hydrogens is 397 g/mol. The lowest BCUT2D eigenvalue weighted by Crippen LogP contribution is -2.21. The maximum absolute atomic E-state index is 12.7. The molecule has 8 heteroatoms. The van der Waals surface area contributed by atoms with Crippen LogP contribution in [0.4, 0.5) is 13.2 Å². The predicted molar refractivity (Wildman–Crippen MR) is 107 cm³/mol. The zero-order valence-corrected chi connectivity index (χ0v) is 16.6. The van der Waals surface area contributed by atoms with Crippen molar-refractivity contribution in [3.05, 3.63) is 65.7 Å². The number of unbranched alkanes of at least 4 members (excludes halogenated alkanes) is 2. The van der Waals surface area contributed by atoms with Gasteiger partial charge in [-0.1, -0.05) is 36.8 Å². The summed E-state index contributed by atoms with van der Waals surface area (Å²) in [5.41, 5.74) is 1.86. The first-order valence-electron chi connectivity index (χ1n) is 9.92. The number of hydroxylamine groups is 1. The number of amides is 1. The average Bonchev–Trinajstić information content (AvgIpc) is 2.74. The molecule has 0 unspecified atom stereocenters. The Morgan fingerprint density at radius 3 is 2.30 bits per heavy atom. The zero-order valence-electron chi connectivity index (χ0n) is 16.6. The summed E-state index contributed by atoms with van der Waals surface area (Å²) in [6.45, 7) is 1.46. The van der Waals surface area contributed by atoms with E-state index in [2.05, 4.69) is 5.32 Å². The number of hydrogen-bond donors (Lipinski definition) is 3. The van der Waals surface area contributed by atoms with Gasteiger partial charge in [0.25, 0.3) is 0 Å². The number of carbonyl (C=O) groups is 1. The monoisotopic (exact) mass is 424 g/mol. The lowest BCUT2D eigenvalue weighted by molar-refractivity contribution is -0.137. The van der Waals surface area contributed by atoms with E-state index in [1.165, 1.54) is 12.1 Å². The zero-order chi connectivity index (χ0) is 21.8. The van der Waals surface area contributed by atoms with Crippen LogP contribution >= 0.6 is 0 Å². The fourth-order valence-electron chi connectivity index (χ4n) is 2.97. The Labute approximate surface area is 174 Å². The fourth-order valence-corrected chi connectivity index (χ4v) is 2.97. The van der Waals surface area contributed by atoms with Crippen LogP contribution in [0.2, 0.25) is 0 Å². The summed E-state index contributed by atoms with van der Waals surface area (Å²) in [5, 5.41) is 11.8. The lowest BCUT2D eigenvalue weighted by Gasteiger charge is -2.20. The summed E-state index contributed by atoms with van der Waals surface area (Å²) in [5.74, 6) is 0.00749. The van der Waals surface area contributed by atoms with Crippen molar-refractivity contribution in [2.75, 3.05) is 13.1 Å². The fraction of sp³-hybridized carbons (Fsp3) is 0.409. The van der Waals surface area contributed by atoms with Crippen LogP contribution in [0.3, 0.4) is 0 Å². The molecule has 0 fully saturated rings. The molecule has 0 aromatic heterocycles. The number of nitrogens with one attached hydrogen (secondary N) is 2. The Morgan fingerprint density at radius 1 is 0.967 bits per heavy atom. The van der Waals surface area contributed by atoms with Crippen molar-refractivity contribution in [2.45, 2.75) is 44.4 Å². The number of halogens is 3. The highest BCUT2D eigenvalue weighted by Crippen LogP contribution is 2.31. The Hall–Kier alpha value is -2.58. The van der Waals surface area contributed by atoms with E-state index < -0.39 is 11.7 Å². The van der Waals surface area contributed by atoms with Crippen molar-refractivity contribution < 1.29 is 27.9 Å². The third-order valence-electron chi connectivity index (χ3n) is 4.60. The van der Waals surface area contributed by atoms with Gasteiger partial charge in [-0.2, -0.15) is 13.2 Å². The van der Waals surface area contributed by atoms with Gasteiger partial charge in [0, 0.05) is 12.8 Å². The van der Waals surface area contributed by atoms with Crippen molar-refractivity contribution in [1.82, 2.24) is 10.8 Å². The standard InChI is InChI=1S/C22H27F3N2O3/c23-22(24,25)18-10-12-19(13-11-18)30-20(17-7-3-1-4-8-17)14-16-26-15-6-2-5-9-21(28)27-29/h1,3-4,7-8,10-13,20,26,29H,2,5-6,9,14-16H2,(H,27,28)/t20-/m1/s1. The molecule has 0 aliphatic heterocycles. The second kappa shape index (κ2) is 12.2. The van der Waals surface area contributed by atoms with Crippen molar-refractivity contribution in [1.29, 1.82) is 0 Å². The van der Waals surface area contributed by atoms with Crippen molar-refractivity contribution in [3.63, 3.8) is 0 Å². The van der Waals surface area contributed by atoms with Gasteiger partial charge in [-0.25, -0.2) is 5.48 Å². The molecule has 1 atom stereocenters. The molecule has 0 spiro atoms. The maximum atomic E-state index is 12.7. The Morgan fingerprint density at radius 2 is 1.67 bits per heavy atom. The quantitative estimate of drug-likeness (QED) is 0.258. The molecule has 0 bridgehead atoms. The molecule has 0 saturated carbocycles.